The fourth-order valence-electron chi connectivity index (χ4n) is 1.91. The van der Waals surface area contributed by atoms with Gasteiger partial charge in [0, 0.05) is 30.2 Å². The molecule has 3 aromatic rings. The molecule has 0 aliphatic carbocycles. The summed E-state index contributed by atoms with van der Waals surface area (Å²) in [5, 5.41) is 10.4. The fraction of sp³-hybridized carbons (Fsp3) is 0.0667. The molecule has 0 unspecified atom stereocenters. The first-order valence-corrected chi connectivity index (χ1v) is 6.45. The minimum absolute atomic E-state index is 0.117. The number of amides is 1. The molecule has 2 heterocycles. The zero-order chi connectivity index (χ0) is 14.5. The van der Waals surface area contributed by atoms with E-state index < -0.39 is 0 Å². The molecule has 0 bridgehead atoms. The molecule has 1 N–H and O–H groups in total. The molecule has 104 valence electrons. The highest BCUT2D eigenvalue weighted by Gasteiger charge is 2.05. The van der Waals surface area contributed by atoms with Crippen molar-refractivity contribution in [2.24, 2.45) is 0 Å². The smallest absolute Gasteiger partial charge is 0.251 e. The molecule has 0 saturated heterocycles. The van der Waals surface area contributed by atoms with E-state index in [9.17, 15) is 4.79 Å². The van der Waals surface area contributed by atoms with Crippen LogP contribution in [0.25, 0.3) is 5.69 Å². The Hall–Kier alpha value is -3.02. The van der Waals surface area contributed by atoms with Crippen LogP contribution in [0, 0.1) is 0 Å². The van der Waals surface area contributed by atoms with Gasteiger partial charge in [-0.3, -0.25) is 14.3 Å². The van der Waals surface area contributed by atoms with Gasteiger partial charge < -0.3 is 5.32 Å². The largest absolute Gasteiger partial charge is 0.348 e. The van der Waals surface area contributed by atoms with E-state index in [0.29, 0.717) is 12.1 Å². The van der Waals surface area contributed by atoms with Crippen molar-refractivity contribution in [1.29, 1.82) is 0 Å². The van der Waals surface area contributed by atoms with Crippen LogP contribution in [0.5, 0.6) is 0 Å². The third kappa shape index (κ3) is 3.11. The van der Waals surface area contributed by atoms with Gasteiger partial charge in [-0.2, -0.15) is 0 Å². The van der Waals surface area contributed by atoms with Crippen molar-refractivity contribution in [1.82, 2.24) is 25.1 Å². The number of pyridine rings is 1. The van der Waals surface area contributed by atoms with Crippen LogP contribution in [-0.2, 0) is 6.54 Å². The Morgan fingerprint density at radius 2 is 1.86 bits per heavy atom. The van der Waals surface area contributed by atoms with Gasteiger partial charge in [-0.15, -0.1) is 10.2 Å². The van der Waals surface area contributed by atoms with Crippen molar-refractivity contribution in [2.45, 2.75) is 6.54 Å². The second-order valence-corrected chi connectivity index (χ2v) is 4.46. The van der Waals surface area contributed by atoms with Gasteiger partial charge >= 0.3 is 0 Å². The van der Waals surface area contributed by atoms with Crippen LogP contribution in [0.15, 0.2) is 61.4 Å². The molecule has 6 heteroatoms. The predicted molar refractivity (Wildman–Crippen MR) is 76.8 cm³/mol. The van der Waals surface area contributed by atoms with Crippen LogP contribution in [0.2, 0.25) is 0 Å². The molecular weight excluding hydrogens is 266 g/mol. The van der Waals surface area contributed by atoms with Gasteiger partial charge in [-0.25, -0.2) is 0 Å². The molecule has 0 aliphatic heterocycles. The summed E-state index contributed by atoms with van der Waals surface area (Å²) in [6.45, 7) is 0.458. The number of nitrogens with one attached hydrogen (secondary N) is 1. The minimum Gasteiger partial charge on any atom is -0.348 e. The Kier molecular flexibility index (Phi) is 3.68. The average Bonchev–Trinajstić information content (AvgIpc) is 3.08. The zero-order valence-electron chi connectivity index (χ0n) is 11.2. The summed E-state index contributed by atoms with van der Waals surface area (Å²) in [5.41, 5.74) is 2.48. The maximum absolute atomic E-state index is 12.1. The van der Waals surface area contributed by atoms with Crippen molar-refractivity contribution in [3.8, 4) is 5.69 Å². The minimum atomic E-state index is -0.117. The number of hydrogen-bond acceptors (Lipinski definition) is 4. The van der Waals surface area contributed by atoms with Gasteiger partial charge in [0.15, 0.2) is 0 Å². The standard InChI is InChI=1S/C15H13N5O/c21-15(17-9-12-2-1-7-16-8-12)13-3-5-14(6-4-13)20-10-18-19-11-20/h1-8,10-11H,9H2,(H,17,21). The van der Waals surface area contributed by atoms with Crippen molar-refractivity contribution < 1.29 is 4.79 Å². The Morgan fingerprint density at radius 3 is 2.52 bits per heavy atom. The summed E-state index contributed by atoms with van der Waals surface area (Å²) in [7, 11) is 0. The number of aromatic nitrogens is 4. The maximum Gasteiger partial charge on any atom is 0.251 e. The summed E-state index contributed by atoms with van der Waals surface area (Å²) in [6.07, 6.45) is 6.65. The van der Waals surface area contributed by atoms with Crippen LogP contribution in [0.4, 0.5) is 0 Å². The molecule has 0 spiro atoms. The zero-order valence-corrected chi connectivity index (χ0v) is 11.2. The molecule has 3 rings (SSSR count). The first kappa shape index (κ1) is 13.0. The number of carbonyl (C=O) groups is 1. The van der Waals surface area contributed by atoms with Gasteiger partial charge in [-0.05, 0) is 35.9 Å². The number of rotatable bonds is 4. The Labute approximate surface area is 121 Å². The topological polar surface area (TPSA) is 72.7 Å². The van der Waals surface area contributed by atoms with Crippen LogP contribution in [-0.4, -0.2) is 25.7 Å². The molecule has 0 radical (unpaired) electrons. The lowest BCUT2D eigenvalue weighted by Crippen LogP contribution is -2.22. The third-order valence-electron chi connectivity index (χ3n) is 3.02. The van der Waals surface area contributed by atoms with E-state index in [-0.39, 0.29) is 5.91 Å². The highest BCUT2D eigenvalue weighted by molar-refractivity contribution is 5.94. The van der Waals surface area contributed by atoms with Crippen molar-refractivity contribution in [3.05, 3.63) is 72.6 Å². The summed E-state index contributed by atoms with van der Waals surface area (Å²) >= 11 is 0. The van der Waals surface area contributed by atoms with Crippen molar-refractivity contribution in [2.75, 3.05) is 0 Å². The van der Waals surface area contributed by atoms with Crippen LogP contribution in [0.1, 0.15) is 15.9 Å². The van der Waals surface area contributed by atoms with Crippen molar-refractivity contribution in [3.63, 3.8) is 0 Å². The lowest BCUT2D eigenvalue weighted by atomic mass is 10.2. The third-order valence-corrected chi connectivity index (χ3v) is 3.02. The van der Waals surface area contributed by atoms with E-state index >= 15 is 0 Å². The number of nitrogens with zero attached hydrogens (tertiary/aromatic N) is 4. The molecule has 0 aliphatic rings. The molecule has 1 amide bonds. The first-order valence-electron chi connectivity index (χ1n) is 6.45. The lowest BCUT2D eigenvalue weighted by molar-refractivity contribution is 0.0951. The van der Waals surface area contributed by atoms with Crippen LogP contribution >= 0.6 is 0 Å². The van der Waals surface area contributed by atoms with Gasteiger partial charge in [0.1, 0.15) is 12.7 Å². The second-order valence-electron chi connectivity index (χ2n) is 4.46. The highest BCUT2D eigenvalue weighted by atomic mass is 16.1. The van der Waals surface area contributed by atoms with Gasteiger partial charge in [0.2, 0.25) is 0 Å². The van der Waals surface area contributed by atoms with E-state index in [4.69, 9.17) is 0 Å². The molecule has 21 heavy (non-hydrogen) atoms. The maximum atomic E-state index is 12.1. The second kappa shape index (κ2) is 5.96. The van der Waals surface area contributed by atoms with Gasteiger partial charge in [0.25, 0.3) is 5.91 Å². The predicted octanol–water partition coefficient (Wildman–Crippen LogP) is 1.59. The molecule has 0 saturated carbocycles. The fourth-order valence-corrected chi connectivity index (χ4v) is 1.91. The van der Waals surface area contributed by atoms with E-state index in [0.717, 1.165) is 11.3 Å². The summed E-state index contributed by atoms with van der Waals surface area (Å²) in [5.74, 6) is -0.117. The monoisotopic (exact) mass is 279 g/mol. The first-order chi connectivity index (χ1) is 10.3. The molecule has 1 aromatic carbocycles. The number of hydrogen-bond donors (Lipinski definition) is 1. The summed E-state index contributed by atoms with van der Waals surface area (Å²) < 4.78 is 1.78. The average molecular weight is 279 g/mol. The summed E-state index contributed by atoms with van der Waals surface area (Å²) in [6, 6.07) is 11.0. The van der Waals surface area contributed by atoms with Gasteiger partial charge in [-0.1, -0.05) is 6.07 Å². The van der Waals surface area contributed by atoms with E-state index in [1.165, 1.54) is 0 Å². The normalized spacial score (nSPS) is 10.3. The SMILES string of the molecule is O=C(NCc1cccnc1)c1ccc(-n2cnnc2)cc1. The lowest BCUT2D eigenvalue weighted by Gasteiger charge is -2.06. The van der Waals surface area contributed by atoms with E-state index in [2.05, 4.69) is 20.5 Å². The van der Waals surface area contributed by atoms with Gasteiger partial charge in [0.05, 0.1) is 0 Å². The van der Waals surface area contributed by atoms with Crippen molar-refractivity contribution >= 4 is 5.91 Å². The van der Waals surface area contributed by atoms with Crippen LogP contribution < -0.4 is 5.32 Å². The number of benzene rings is 1. The molecular formula is C15H13N5O. The molecule has 6 nitrogen and oxygen atoms in total. The molecule has 0 fully saturated rings. The Bertz CT molecular complexity index is 708. The molecule has 0 atom stereocenters. The van der Waals surface area contributed by atoms with E-state index in [1.807, 2.05) is 24.3 Å². The quantitative estimate of drug-likeness (QED) is 0.787. The number of carbonyl (C=O) groups excluding carboxylic acids is 1. The van der Waals surface area contributed by atoms with Crippen LogP contribution in [0.3, 0.4) is 0 Å². The van der Waals surface area contributed by atoms with E-state index in [1.54, 1.807) is 41.7 Å². The molecule has 2 aromatic heterocycles. The Balaban J connectivity index is 1.65. The Morgan fingerprint density at radius 1 is 1.10 bits per heavy atom. The highest BCUT2D eigenvalue weighted by Crippen LogP contribution is 2.09. The summed E-state index contributed by atoms with van der Waals surface area (Å²) in [4.78, 5) is 16.1.